The summed E-state index contributed by atoms with van der Waals surface area (Å²) in [5, 5.41) is 0. The Morgan fingerprint density at radius 2 is 1.85 bits per heavy atom. The highest BCUT2D eigenvalue weighted by Crippen LogP contribution is 2.16. The van der Waals surface area contributed by atoms with Crippen LogP contribution in [0.3, 0.4) is 0 Å². The van der Waals surface area contributed by atoms with E-state index in [2.05, 4.69) is 38.6 Å². The quantitative estimate of drug-likeness (QED) is 0.603. The normalized spacial score (nSPS) is 9.38. The summed E-state index contributed by atoms with van der Waals surface area (Å²) in [5.41, 5.74) is 3.76. The van der Waals surface area contributed by atoms with Crippen LogP contribution in [0.25, 0.3) is 5.57 Å². The molecule has 0 amide bonds. The topological polar surface area (TPSA) is 0 Å². The molecule has 0 unspecified atom stereocenters. The maximum absolute atomic E-state index is 4.05. The van der Waals surface area contributed by atoms with Crippen molar-refractivity contribution in [2.75, 3.05) is 0 Å². The maximum Gasteiger partial charge on any atom is -0.00949 e. The van der Waals surface area contributed by atoms with Gasteiger partial charge in [-0.1, -0.05) is 48.6 Å². The Hall–Kier alpha value is -1.30. The summed E-state index contributed by atoms with van der Waals surface area (Å²) in [6.45, 7) is 8.27. The Morgan fingerprint density at radius 3 is 2.38 bits per heavy atom. The van der Waals surface area contributed by atoms with Crippen LogP contribution >= 0.6 is 0 Å². The van der Waals surface area contributed by atoms with Gasteiger partial charge in [0.2, 0.25) is 0 Å². The third-order valence-corrected chi connectivity index (χ3v) is 1.94. The highest BCUT2D eigenvalue weighted by molar-refractivity contribution is 5.64. The van der Waals surface area contributed by atoms with E-state index in [0.717, 1.165) is 6.42 Å². The van der Waals surface area contributed by atoms with Gasteiger partial charge in [-0.15, -0.1) is 0 Å². The highest BCUT2D eigenvalue weighted by atomic mass is 14.0. The van der Waals surface area contributed by atoms with E-state index in [-0.39, 0.29) is 0 Å². The van der Waals surface area contributed by atoms with Crippen LogP contribution in [0.1, 0.15) is 25.8 Å². The van der Waals surface area contributed by atoms with Crippen molar-refractivity contribution in [2.24, 2.45) is 0 Å². The highest BCUT2D eigenvalue weighted by Gasteiger charge is 1.94. The largest absolute Gasteiger partial charge is 0.0949 e. The second-order valence-electron chi connectivity index (χ2n) is 3.46. The predicted molar refractivity (Wildman–Crippen MR) is 59.5 cm³/mol. The lowest BCUT2D eigenvalue weighted by molar-refractivity contribution is 1.29. The Balaban J connectivity index is 2.65. The van der Waals surface area contributed by atoms with Gasteiger partial charge in [-0.3, -0.25) is 0 Å². The lowest BCUT2D eigenvalue weighted by Crippen LogP contribution is -1.80. The second kappa shape index (κ2) is 4.66. The molecule has 0 aliphatic rings. The molecule has 0 atom stereocenters. The predicted octanol–water partition coefficient (Wildman–Crippen LogP) is 4.06. The number of allylic oxidation sites excluding steroid dienone is 3. The molecule has 0 aliphatic carbocycles. The van der Waals surface area contributed by atoms with Crippen molar-refractivity contribution in [1.29, 1.82) is 0 Å². The van der Waals surface area contributed by atoms with Crippen molar-refractivity contribution in [2.45, 2.75) is 20.3 Å². The van der Waals surface area contributed by atoms with E-state index in [1.165, 1.54) is 16.7 Å². The Labute approximate surface area is 80.6 Å². The molecule has 1 rings (SSSR count). The van der Waals surface area contributed by atoms with Gasteiger partial charge in [-0.05, 0) is 31.4 Å². The monoisotopic (exact) mass is 172 g/mol. The van der Waals surface area contributed by atoms with Crippen molar-refractivity contribution >= 4 is 5.57 Å². The Bertz CT molecular complexity index is 300. The maximum atomic E-state index is 4.05. The van der Waals surface area contributed by atoms with Gasteiger partial charge in [-0.2, -0.15) is 0 Å². The molecule has 1 aromatic carbocycles. The molecule has 68 valence electrons. The minimum absolute atomic E-state index is 0.951. The van der Waals surface area contributed by atoms with Gasteiger partial charge in [0.25, 0.3) is 0 Å². The molecule has 0 aliphatic heterocycles. The number of rotatable bonds is 3. The number of benzene rings is 1. The van der Waals surface area contributed by atoms with E-state index < -0.39 is 0 Å². The third-order valence-electron chi connectivity index (χ3n) is 1.94. The van der Waals surface area contributed by atoms with Crippen LogP contribution in [-0.4, -0.2) is 0 Å². The van der Waals surface area contributed by atoms with Crippen molar-refractivity contribution in [3.8, 4) is 0 Å². The van der Waals surface area contributed by atoms with Crippen LogP contribution in [-0.2, 0) is 0 Å². The van der Waals surface area contributed by atoms with Crippen LogP contribution in [0, 0.1) is 0 Å². The van der Waals surface area contributed by atoms with E-state index >= 15 is 0 Å². The van der Waals surface area contributed by atoms with E-state index in [9.17, 15) is 0 Å². The molecular weight excluding hydrogens is 156 g/mol. The standard InChI is InChI=1S/C13H16/c1-11(2)9-10-12(3)13-7-5-4-6-8-13/h4-9H,3,10H2,1-2H3. The van der Waals surface area contributed by atoms with E-state index in [4.69, 9.17) is 0 Å². The fraction of sp³-hybridized carbons (Fsp3) is 0.231. The zero-order valence-electron chi connectivity index (χ0n) is 8.38. The number of hydrogen-bond donors (Lipinski definition) is 0. The van der Waals surface area contributed by atoms with Crippen molar-refractivity contribution in [3.05, 3.63) is 54.1 Å². The van der Waals surface area contributed by atoms with Crippen LogP contribution in [0.15, 0.2) is 48.6 Å². The van der Waals surface area contributed by atoms with E-state index in [1.54, 1.807) is 0 Å². The zero-order chi connectivity index (χ0) is 9.68. The van der Waals surface area contributed by atoms with E-state index in [0.29, 0.717) is 0 Å². The Kier molecular flexibility index (Phi) is 3.51. The summed E-state index contributed by atoms with van der Waals surface area (Å²) in [5.74, 6) is 0. The van der Waals surface area contributed by atoms with Gasteiger partial charge in [0.15, 0.2) is 0 Å². The Morgan fingerprint density at radius 1 is 1.23 bits per heavy atom. The number of hydrogen-bond acceptors (Lipinski definition) is 0. The second-order valence-corrected chi connectivity index (χ2v) is 3.46. The summed E-state index contributed by atoms with van der Waals surface area (Å²) in [6, 6.07) is 10.3. The fourth-order valence-electron chi connectivity index (χ4n) is 1.12. The molecule has 0 saturated carbocycles. The first-order valence-electron chi connectivity index (χ1n) is 4.56. The smallest absolute Gasteiger partial charge is 0.00949 e. The molecule has 0 heterocycles. The van der Waals surface area contributed by atoms with Crippen LogP contribution in [0.5, 0.6) is 0 Å². The summed E-state index contributed by atoms with van der Waals surface area (Å²) >= 11 is 0. The van der Waals surface area contributed by atoms with Crippen LogP contribution in [0.2, 0.25) is 0 Å². The summed E-state index contributed by atoms with van der Waals surface area (Å²) < 4.78 is 0. The zero-order valence-corrected chi connectivity index (χ0v) is 8.38. The molecule has 0 aromatic heterocycles. The van der Waals surface area contributed by atoms with Crippen molar-refractivity contribution in [3.63, 3.8) is 0 Å². The lowest BCUT2D eigenvalue weighted by atomic mass is 10.0. The van der Waals surface area contributed by atoms with Crippen LogP contribution in [0.4, 0.5) is 0 Å². The molecule has 13 heavy (non-hydrogen) atoms. The molecule has 0 spiro atoms. The van der Waals surface area contributed by atoms with Gasteiger partial charge >= 0.3 is 0 Å². The average Bonchev–Trinajstić information content (AvgIpc) is 2.15. The first-order chi connectivity index (χ1) is 6.20. The molecule has 0 heteroatoms. The molecule has 0 bridgehead atoms. The molecule has 0 radical (unpaired) electrons. The van der Waals surface area contributed by atoms with Crippen LogP contribution < -0.4 is 0 Å². The van der Waals surface area contributed by atoms with Gasteiger partial charge in [-0.25, -0.2) is 0 Å². The third kappa shape index (κ3) is 3.29. The van der Waals surface area contributed by atoms with Gasteiger partial charge < -0.3 is 0 Å². The molecule has 0 fully saturated rings. The van der Waals surface area contributed by atoms with Gasteiger partial charge in [0.1, 0.15) is 0 Å². The van der Waals surface area contributed by atoms with E-state index in [1.807, 2.05) is 18.2 Å². The summed E-state index contributed by atoms with van der Waals surface area (Å²) in [7, 11) is 0. The first kappa shape index (κ1) is 9.79. The van der Waals surface area contributed by atoms with Gasteiger partial charge in [0, 0.05) is 0 Å². The lowest BCUT2D eigenvalue weighted by Gasteiger charge is -2.02. The average molecular weight is 172 g/mol. The summed E-state index contributed by atoms with van der Waals surface area (Å²) in [6.07, 6.45) is 3.15. The van der Waals surface area contributed by atoms with Crippen molar-refractivity contribution in [1.82, 2.24) is 0 Å². The minimum atomic E-state index is 0.951. The summed E-state index contributed by atoms with van der Waals surface area (Å²) in [4.78, 5) is 0. The van der Waals surface area contributed by atoms with Crippen molar-refractivity contribution < 1.29 is 0 Å². The molecule has 0 nitrogen and oxygen atoms in total. The molecule has 0 N–H and O–H groups in total. The fourth-order valence-corrected chi connectivity index (χ4v) is 1.12. The molecular formula is C13H16. The molecule has 0 saturated heterocycles. The SMILES string of the molecule is C=C(CC=C(C)C)c1ccccc1. The first-order valence-corrected chi connectivity index (χ1v) is 4.56. The minimum Gasteiger partial charge on any atom is -0.0949 e. The molecule has 1 aromatic rings. The van der Waals surface area contributed by atoms with Gasteiger partial charge in [0.05, 0.1) is 0 Å².